The van der Waals surface area contributed by atoms with E-state index in [0.717, 1.165) is 22.3 Å². The number of carbonyl (C=O) groups is 2. The number of benzene rings is 4. The fourth-order valence-corrected chi connectivity index (χ4v) is 3.84. The van der Waals surface area contributed by atoms with Crippen LogP contribution in [0.15, 0.2) is 108 Å². The molecule has 5 aromatic rings. The van der Waals surface area contributed by atoms with Gasteiger partial charge in [0.1, 0.15) is 12.4 Å². The predicted octanol–water partition coefficient (Wildman–Crippen LogP) is 4.52. The topological polar surface area (TPSA) is 121 Å². The molecule has 204 valence electrons. The molecule has 0 bridgehead atoms. The van der Waals surface area contributed by atoms with Crippen LogP contribution in [0.25, 0.3) is 11.4 Å². The first-order valence-electron chi connectivity index (χ1n) is 12.7. The molecule has 1 heterocycles. The lowest BCUT2D eigenvalue weighted by Crippen LogP contribution is -2.17. The minimum absolute atomic E-state index is 0.323. The Balaban J connectivity index is 1.08. The van der Waals surface area contributed by atoms with Gasteiger partial charge in [-0.25, -0.2) is 10.2 Å². The largest absolute Gasteiger partial charge is 0.489 e. The van der Waals surface area contributed by atoms with E-state index in [1.165, 1.54) is 11.9 Å². The van der Waals surface area contributed by atoms with Crippen LogP contribution in [0.4, 0.5) is 0 Å². The SMILES string of the molecule is COC(=O)c1ccc(COc2ccc(/C=N/NC(=O)c3ccc(Cn4nnc(-c5ccccc5)n4)cc3)cc2)cc1. The summed E-state index contributed by atoms with van der Waals surface area (Å²) in [7, 11) is 1.35. The van der Waals surface area contributed by atoms with E-state index in [9.17, 15) is 9.59 Å². The molecule has 10 heteroatoms. The maximum atomic E-state index is 12.5. The van der Waals surface area contributed by atoms with E-state index in [4.69, 9.17) is 9.47 Å². The van der Waals surface area contributed by atoms with Crippen LogP contribution >= 0.6 is 0 Å². The lowest BCUT2D eigenvalue weighted by Gasteiger charge is -2.07. The van der Waals surface area contributed by atoms with E-state index in [1.54, 1.807) is 30.5 Å². The quantitative estimate of drug-likeness (QED) is 0.155. The van der Waals surface area contributed by atoms with E-state index in [2.05, 4.69) is 25.9 Å². The summed E-state index contributed by atoms with van der Waals surface area (Å²) in [5.41, 5.74) is 7.06. The first kappa shape index (κ1) is 26.9. The third kappa shape index (κ3) is 7.27. The summed E-state index contributed by atoms with van der Waals surface area (Å²) in [6.07, 6.45) is 1.56. The van der Waals surface area contributed by atoms with Gasteiger partial charge in [0.25, 0.3) is 5.91 Å². The third-order valence-corrected chi connectivity index (χ3v) is 6.07. The molecular weight excluding hydrogens is 520 g/mol. The second kappa shape index (κ2) is 12.9. The molecule has 41 heavy (non-hydrogen) atoms. The van der Waals surface area contributed by atoms with Crippen LogP contribution in [0.2, 0.25) is 0 Å². The van der Waals surface area contributed by atoms with Crippen molar-refractivity contribution in [3.8, 4) is 17.1 Å². The van der Waals surface area contributed by atoms with Crippen molar-refractivity contribution in [1.29, 1.82) is 0 Å². The van der Waals surface area contributed by atoms with E-state index in [-0.39, 0.29) is 11.9 Å². The van der Waals surface area contributed by atoms with Crippen LogP contribution in [-0.4, -0.2) is 45.4 Å². The number of tetrazole rings is 1. The molecule has 1 N–H and O–H groups in total. The second-order valence-electron chi connectivity index (χ2n) is 8.95. The number of hydrogen-bond acceptors (Lipinski definition) is 8. The zero-order valence-corrected chi connectivity index (χ0v) is 22.2. The Morgan fingerprint density at radius 2 is 1.54 bits per heavy atom. The zero-order chi connectivity index (χ0) is 28.4. The van der Waals surface area contributed by atoms with E-state index in [0.29, 0.717) is 35.9 Å². The van der Waals surface area contributed by atoms with Crippen LogP contribution in [0.3, 0.4) is 0 Å². The van der Waals surface area contributed by atoms with Crippen LogP contribution in [0.5, 0.6) is 5.75 Å². The number of amides is 1. The molecule has 4 aromatic carbocycles. The van der Waals surface area contributed by atoms with Gasteiger partial charge in [-0.05, 0) is 70.4 Å². The van der Waals surface area contributed by atoms with Crippen LogP contribution in [-0.2, 0) is 17.9 Å². The molecule has 0 aliphatic rings. The van der Waals surface area contributed by atoms with Gasteiger partial charge in [-0.3, -0.25) is 4.79 Å². The minimum atomic E-state index is -0.376. The average molecular weight is 547 g/mol. The summed E-state index contributed by atoms with van der Waals surface area (Å²) in [6, 6.07) is 31.1. The standard InChI is InChI=1S/C31H26N6O4/c1-40-31(39)27-15-9-24(10-16-27)21-41-28-17-11-22(12-18-28)19-32-34-30(38)26-13-7-23(8-14-26)20-37-35-29(33-36-37)25-5-3-2-4-6-25/h2-19H,20-21H2,1H3,(H,34,38)/b32-19+. The number of hydrazone groups is 1. The molecule has 10 nitrogen and oxygen atoms in total. The molecule has 5 rings (SSSR count). The van der Waals surface area contributed by atoms with Crippen LogP contribution in [0, 0.1) is 0 Å². The third-order valence-electron chi connectivity index (χ3n) is 6.07. The van der Waals surface area contributed by atoms with E-state index >= 15 is 0 Å². The van der Waals surface area contributed by atoms with Crippen molar-refractivity contribution in [2.24, 2.45) is 5.10 Å². The lowest BCUT2D eigenvalue weighted by atomic mass is 10.1. The molecule has 0 aliphatic carbocycles. The first-order valence-corrected chi connectivity index (χ1v) is 12.7. The molecule has 0 spiro atoms. The number of nitrogens with one attached hydrogen (secondary N) is 1. The van der Waals surface area contributed by atoms with Crippen molar-refractivity contribution in [1.82, 2.24) is 25.6 Å². The Labute approximate surface area is 236 Å². The number of carbonyl (C=O) groups excluding carboxylic acids is 2. The summed E-state index contributed by atoms with van der Waals surface area (Å²) in [4.78, 5) is 25.6. The molecule has 0 saturated heterocycles. The fraction of sp³-hybridized carbons (Fsp3) is 0.0968. The zero-order valence-electron chi connectivity index (χ0n) is 22.2. The normalized spacial score (nSPS) is 10.9. The number of rotatable bonds is 10. The molecule has 0 unspecified atom stereocenters. The first-order chi connectivity index (χ1) is 20.1. The van der Waals surface area contributed by atoms with Crippen LogP contribution < -0.4 is 10.2 Å². The number of aromatic nitrogens is 4. The molecule has 1 amide bonds. The molecule has 0 aliphatic heterocycles. The Hall–Kier alpha value is -5.64. The average Bonchev–Trinajstić information content (AvgIpc) is 3.50. The highest BCUT2D eigenvalue weighted by Crippen LogP contribution is 2.15. The van der Waals surface area contributed by atoms with Crippen LogP contribution in [0.1, 0.15) is 37.4 Å². The summed E-state index contributed by atoms with van der Waals surface area (Å²) < 4.78 is 10.5. The second-order valence-corrected chi connectivity index (χ2v) is 8.95. The maximum absolute atomic E-state index is 12.5. The van der Waals surface area contributed by atoms with Gasteiger partial charge in [0.05, 0.1) is 25.4 Å². The molecule has 1 aromatic heterocycles. The minimum Gasteiger partial charge on any atom is -0.489 e. The molecule has 0 saturated carbocycles. The number of ether oxygens (including phenoxy) is 2. The van der Waals surface area contributed by atoms with Crippen molar-refractivity contribution >= 4 is 18.1 Å². The Bertz CT molecular complexity index is 1630. The van der Waals surface area contributed by atoms with Gasteiger partial charge in [-0.1, -0.05) is 54.6 Å². The van der Waals surface area contributed by atoms with Gasteiger partial charge < -0.3 is 9.47 Å². The van der Waals surface area contributed by atoms with Gasteiger partial charge in [-0.2, -0.15) is 9.90 Å². The van der Waals surface area contributed by atoms with E-state index in [1.807, 2.05) is 78.9 Å². The Morgan fingerprint density at radius 1 is 0.854 bits per heavy atom. The van der Waals surface area contributed by atoms with Crippen molar-refractivity contribution in [3.63, 3.8) is 0 Å². The Morgan fingerprint density at radius 3 is 2.24 bits per heavy atom. The molecule has 0 radical (unpaired) electrons. The Kier molecular flexibility index (Phi) is 8.50. The monoisotopic (exact) mass is 546 g/mol. The highest BCUT2D eigenvalue weighted by molar-refractivity contribution is 5.95. The van der Waals surface area contributed by atoms with Crippen molar-refractivity contribution in [2.45, 2.75) is 13.2 Å². The number of nitrogens with zero attached hydrogens (tertiary/aromatic N) is 5. The summed E-state index contributed by atoms with van der Waals surface area (Å²) in [5.74, 6) is 0.543. The van der Waals surface area contributed by atoms with Gasteiger partial charge in [0, 0.05) is 11.1 Å². The molecule has 0 fully saturated rings. The van der Waals surface area contributed by atoms with Gasteiger partial charge in [0.15, 0.2) is 0 Å². The smallest absolute Gasteiger partial charge is 0.337 e. The molecule has 0 atom stereocenters. The van der Waals surface area contributed by atoms with Gasteiger partial charge >= 0.3 is 5.97 Å². The summed E-state index contributed by atoms with van der Waals surface area (Å²) >= 11 is 0. The number of esters is 1. The van der Waals surface area contributed by atoms with Gasteiger partial charge in [-0.15, -0.1) is 10.2 Å². The highest BCUT2D eigenvalue weighted by atomic mass is 16.5. The van der Waals surface area contributed by atoms with Crippen molar-refractivity contribution in [2.75, 3.05) is 7.11 Å². The lowest BCUT2D eigenvalue weighted by molar-refractivity contribution is 0.0600. The summed E-state index contributed by atoms with van der Waals surface area (Å²) in [5, 5.41) is 16.7. The molecular formula is C31H26N6O4. The summed E-state index contributed by atoms with van der Waals surface area (Å²) in [6.45, 7) is 0.787. The van der Waals surface area contributed by atoms with Crippen molar-refractivity contribution in [3.05, 3.63) is 131 Å². The maximum Gasteiger partial charge on any atom is 0.337 e. The predicted molar refractivity (Wildman–Crippen MR) is 152 cm³/mol. The van der Waals surface area contributed by atoms with E-state index < -0.39 is 0 Å². The number of methoxy groups -OCH3 is 1. The van der Waals surface area contributed by atoms with Gasteiger partial charge in [0.2, 0.25) is 5.82 Å². The van der Waals surface area contributed by atoms with Crippen molar-refractivity contribution < 1.29 is 19.1 Å². The fourth-order valence-electron chi connectivity index (χ4n) is 3.84. The number of hydrogen-bond donors (Lipinski definition) is 1. The highest BCUT2D eigenvalue weighted by Gasteiger charge is 2.08.